The van der Waals surface area contributed by atoms with Crippen molar-refractivity contribution in [2.45, 2.75) is 46.1 Å². The Morgan fingerprint density at radius 2 is 2.00 bits per heavy atom. The van der Waals surface area contributed by atoms with Gasteiger partial charge in [0.2, 0.25) is 0 Å². The lowest BCUT2D eigenvalue weighted by molar-refractivity contribution is 0.377. The Kier molecular flexibility index (Phi) is 6.60. The molecule has 1 aromatic heterocycles. The smallest absolute Gasteiger partial charge is 0.129 e. The fraction of sp³-hybridized carbons (Fsp3) is 0.714. The van der Waals surface area contributed by atoms with Crippen LogP contribution in [0, 0.1) is 5.92 Å². The summed E-state index contributed by atoms with van der Waals surface area (Å²) >= 11 is 1.80. The number of thiophene rings is 1. The van der Waals surface area contributed by atoms with E-state index in [1.807, 2.05) is 0 Å². The molecule has 1 N–H and O–H groups in total. The highest BCUT2D eigenvalue weighted by Crippen LogP contribution is 2.32. The summed E-state index contributed by atoms with van der Waals surface area (Å²) in [6.45, 7) is 7.76. The van der Waals surface area contributed by atoms with E-state index in [0.717, 1.165) is 18.2 Å². The second-order valence-corrected chi connectivity index (χ2v) is 5.36. The summed E-state index contributed by atoms with van der Waals surface area (Å²) < 4.78 is 5.26. The maximum atomic E-state index is 5.26. The van der Waals surface area contributed by atoms with Crippen molar-refractivity contribution in [2.24, 2.45) is 5.92 Å². The molecule has 0 aliphatic rings. The van der Waals surface area contributed by atoms with Crippen LogP contribution in [0.15, 0.2) is 11.4 Å². The Morgan fingerprint density at radius 1 is 1.29 bits per heavy atom. The summed E-state index contributed by atoms with van der Waals surface area (Å²) in [6.07, 6.45) is 3.76. The van der Waals surface area contributed by atoms with Gasteiger partial charge in [0.25, 0.3) is 0 Å². The van der Waals surface area contributed by atoms with Gasteiger partial charge >= 0.3 is 0 Å². The zero-order chi connectivity index (χ0) is 12.7. The molecule has 1 heterocycles. The highest BCUT2D eigenvalue weighted by Gasteiger charge is 2.17. The van der Waals surface area contributed by atoms with Gasteiger partial charge in [-0.1, -0.05) is 33.6 Å². The van der Waals surface area contributed by atoms with Crippen molar-refractivity contribution in [3.05, 3.63) is 16.3 Å². The summed E-state index contributed by atoms with van der Waals surface area (Å²) in [7, 11) is 1.73. The largest absolute Gasteiger partial charge is 0.496 e. The minimum absolute atomic E-state index is 0.485. The Labute approximate surface area is 109 Å². The van der Waals surface area contributed by atoms with Gasteiger partial charge in [0.15, 0.2) is 0 Å². The first-order chi connectivity index (χ1) is 8.24. The molecular weight excluding hydrogens is 230 g/mol. The third kappa shape index (κ3) is 4.32. The molecule has 1 rings (SSSR count). The molecule has 0 bridgehead atoms. The van der Waals surface area contributed by atoms with Crippen molar-refractivity contribution >= 4 is 11.3 Å². The lowest BCUT2D eigenvalue weighted by Gasteiger charge is -2.21. The van der Waals surface area contributed by atoms with E-state index in [1.54, 1.807) is 18.4 Å². The molecule has 0 radical (unpaired) electrons. The van der Waals surface area contributed by atoms with Crippen LogP contribution in [0.1, 0.15) is 51.0 Å². The molecule has 0 spiro atoms. The molecule has 17 heavy (non-hydrogen) atoms. The van der Waals surface area contributed by atoms with Gasteiger partial charge in [-0.05, 0) is 24.9 Å². The number of methoxy groups -OCH3 is 1. The van der Waals surface area contributed by atoms with E-state index in [4.69, 9.17) is 4.74 Å². The fourth-order valence-electron chi connectivity index (χ4n) is 2.13. The summed E-state index contributed by atoms with van der Waals surface area (Å²) in [5.41, 5.74) is 0. The standard InChI is InChI=1S/C14H25NOS/c1-5-11(6-2)8-13(15-7-3)14-9-12(16-4)10-17-14/h9-11,13,15H,5-8H2,1-4H3. The summed E-state index contributed by atoms with van der Waals surface area (Å²) in [6, 6.07) is 2.65. The predicted molar refractivity (Wildman–Crippen MR) is 76.0 cm³/mol. The topological polar surface area (TPSA) is 21.3 Å². The van der Waals surface area contributed by atoms with Crippen LogP contribution in [-0.2, 0) is 0 Å². The molecular formula is C14H25NOS. The fourth-order valence-corrected chi connectivity index (χ4v) is 3.07. The van der Waals surface area contributed by atoms with Crippen LogP contribution < -0.4 is 10.1 Å². The molecule has 0 aromatic carbocycles. The summed E-state index contributed by atoms with van der Waals surface area (Å²) in [4.78, 5) is 1.40. The molecule has 0 aliphatic carbocycles. The van der Waals surface area contributed by atoms with E-state index in [-0.39, 0.29) is 0 Å². The van der Waals surface area contributed by atoms with Crippen molar-refractivity contribution in [1.29, 1.82) is 0 Å². The Hall–Kier alpha value is -0.540. The van der Waals surface area contributed by atoms with Gasteiger partial charge in [-0.2, -0.15) is 0 Å². The molecule has 0 fully saturated rings. The first-order valence-corrected chi connectivity index (χ1v) is 7.48. The molecule has 0 saturated carbocycles. The second kappa shape index (κ2) is 7.72. The Morgan fingerprint density at radius 3 is 2.47 bits per heavy atom. The van der Waals surface area contributed by atoms with Gasteiger partial charge in [0.1, 0.15) is 5.75 Å². The molecule has 1 aromatic rings. The van der Waals surface area contributed by atoms with E-state index in [2.05, 4.69) is 37.5 Å². The molecule has 3 heteroatoms. The summed E-state index contributed by atoms with van der Waals surface area (Å²) in [5, 5.41) is 5.68. The third-order valence-corrected chi connectivity index (χ3v) is 4.37. The molecule has 98 valence electrons. The third-order valence-electron chi connectivity index (χ3n) is 3.35. The average Bonchev–Trinajstić information content (AvgIpc) is 2.83. The predicted octanol–water partition coefficient (Wildman–Crippen LogP) is 4.23. The molecule has 1 atom stereocenters. The zero-order valence-electron chi connectivity index (χ0n) is 11.5. The second-order valence-electron chi connectivity index (χ2n) is 4.42. The number of rotatable bonds is 8. The Bertz CT molecular complexity index is 307. The van der Waals surface area contributed by atoms with E-state index in [1.165, 1.54) is 24.1 Å². The lowest BCUT2D eigenvalue weighted by atomic mass is 9.94. The number of hydrogen-bond donors (Lipinski definition) is 1. The molecule has 0 amide bonds. The van der Waals surface area contributed by atoms with E-state index >= 15 is 0 Å². The maximum Gasteiger partial charge on any atom is 0.129 e. The first-order valence-electron chi connectivity index (χ1n) is 6.60. The Balaban J connectivity index is 2.70. The molecule has 0 saturated heterocycles. The van der Waals surface area contributed by atoms with Crippen LogP contribution in [0.5, 0.6) is 5.75 Å². The maximum absolute atomic E-state index is 5.26. The highest BCUT2D eigenvalue weighted by atomic mass is 32.1. The molecule has 2 nitrogen and oxygen atoms in total. The quantitative estimate of drug-likeness (QED) is 0.750. The van der Waals surface area contributed by atoms with Gasteiger partial charge in [-0.15, -0.1) is 11.3 Å². The highest BCUT2D eigenvalue weighted by molar-refractivity contribution is 7.10. The van der Waals surface area contributed by atoms with Crippen molar-refractivity contribution in [2.75, 3.05) is 13.7 Å². The monoisotopic (exact) mass is 255 g/mol. The van der Waals surface area contributed by atoms with Gasteiger partial charge in [-0.25, -0.2) is 0 Å². The van der Waals surface area contributed by atoms with Gasteiger partial charge < -0.3 is 10.1 Å². The van der Waals surface area contributed by atoms with Crippen molar-refractivity contribution in [1.82, 2.24) is 5.32 Å². The van der Waals surface area contributed by atoms with Gasteiger partial charge in [0.05, 0.1) is 7.11 Å². The van der Waals surface area contributed by atoms with Crippen LogP contribution >= 0.6 is 11.3 Å². The van der Waals surface area contributed by atoms with Gasteiger partial charge in [0, 0.05) is 16.3 Å². The average molecular weight is 255 g/mol. The molecule has 1 unspecified atom stereocenters. The number of ether oxygens (including phenoxy) is 1. The van der Waals surface area contributed by atoms with E-state index in [0.29, 0.717) is 6.04 Å². The van der Waals surface area contributed by atoms with Crippen LogP contribution in [0.25, 0.3) is 0 Å². The van der Waals surface area contributed by atoms with Crippen LogP contribution in [-0.4, -0.2) is 13.7 Å². The number of hydrogen-bond acceptors (Lipinski definition) is 3. The summed E-state index contributed by atoms with van der Waals surface area (Å²) in [5.74, 6) is 1.80. The lowest BCUT2D eigenvalue weighted by Crippen LogP contribution is -2.22. The van der Waals surface area contributed by atoms with Crippen LogP contribution in [0.2, 0.25) is 0 Å². The minimum Gasteiger partial charge on any atom is -0.496 e. The van der Waals surface area contributed by atoms with Crippen molar-refractivity contribution < 1.29 is 4.74 Å². The number of nitrogens with one attached hydrogen (secondary N) is 1. The first kappa shape index (κ1) is 14.5. The molecule has 0 aliphatic heterocycles. The van der Waals surface area contributed by atoms with E-state index in [9.17, 15) is 0 Å². The zero-order valence-corrected chi connectivity index (χ0v) is 12.3. The minimum atomic E-state index is 0.485. The SMILES string of the molecule is CCNC(CC(CC)CC)c1cc(OC)cs1. The van der Waals surface area contributed by atoms with Crippen LogP contribution in [0.3, 0.4) is 0 Å². The van der Waals surface area contributed by atoms with Crippen molar-refractivity contribution in [3.8, 4) is 5.75 Å². The van der Waals surface area contributed by atoms with E-state index < -0.39 is 0 Å². The van der Waals surface area contributed by atoms with Gasteiger partial charge in [-0.3, -0.25) is 0 Å². The normalized spacial score (nSPS) is 13.0. The van der Waals surface area contributed by atoms with Crippen molar-refractivity contribution in [3.63, 3.8) is 0 Å². The van der Waals surface area contributed by atoms with Crippen LogP contribution in [0.4, 0.5) is 0 Å².